The van der Waals surface area contributed by atoms with Crippen LogP contribution in [0.25, 0.3) is 10.9 Å². The van der Waals surface area contributed by atoms with Gasteiger partial charge in [-0.3, -0.25) is 14.4 Å². The molecule has 2 aliphatic rings. The van der Waals surface area contributed by atoms with Crippen LogP contribution in [0.15, 0.2) is 48.0 Å². The van der Waals surface area contributed by atoms with Gasteiger partial charge in [0.2, 0.25) is 11.8 Å². The molecule has 3 amide bonds. The quantitative estimate of drug-likeness (QED) is 0.613. The summed E-state index contributed by atoms with van der Waals surface area (Å²) in [4.78, 5) is 43.7. The van der Waals surface area contributed by atoms with Crippen molar-refractivity contribution in [2.75, 3.05) is 6.54 Å². The highest BCUT2D eigenvalue weighted by Crippen LogP contribution is 2.26. The second kappa shape index (κ2) is 7.04. The van der Waals surface area contributed by atoms with Crippen molar-refractivity contribution in [3.05, 3.63) is 58.4 Å². The molecule has 0 saturated carbocycles. The van der Waals surface area contributed by atoms with Crippen molar-refractivity contribution in [2.45, 2.75) is 31.0 Å². The first-order chi connectivity index (χ1) is 14.1. The predicted octanol–water partition coefficient (Wildman–Crippen LogP) is 1.67. The second-order valence-corrected chi connectivity index (χ2v) is 8.39. The summed E-state index contributed by atoms with van der Waals surface area (Å²) >= 11 is 1.35. The van der Waals surface area contributed by atoms with Crippen molar-refractivity contribution in [1.29, 1.82) is 0 Å². The molecule has 2 aliphatic heterocycles. The third-order valence-corrected chi connectivity index (χ3v) is 6.59. The Labute approximate surface area is 171 Å². The lowest BCUT2D eigenvalue weighted by Crippen LogP contribution is -2.65. The largest absolute Gasteiger partial charge is 0.361 e. The number of para-hydroxylation sites is 1. The average Bonchev–Trinajstić information content (AvgIpc) is 3.46. The Morgan fingerprint density at radius 2 is 2.07 bits per heavy atom. The lowest BCUT2D eigenvalue weighted by molar-refractivity contribution is -0.147. The van der Waals surface area contributed by atoms with Crippen LogP contribution in [0.2, 0.25) is 0 Å². The first-order valence-corrected chi connectivity index (χ1v) is 10.5. The summed E-state index contributed by atoms with van der Waals surface area (Å²) in [6.45, 7) is 0.469. The van der Waals surface area contributed by atoms with E-state index in [4.69, 9.17) is 0 Å². The fourth-order valence-electron chi connectivity index (χ4n) is 4.34. The number of rotatable bonds is 4. The maximum Gasteiger partial charge on any atom is 0.261 e. The van der Waals surface area contributed by atoms with Crippen LogP contribution in [-0.4, -0.2) is 52.3 Å². The maximum atomic E-state index is 13.1. The van der Waals surface area contributed by atoms with Crippen molar-refractivity contribution in [2.24, 2.45) is 0 Å². The zero-order chi connectivity index (χ0) is 20.0. The Morgan fingerprint density at radius 1 is 1.21 bits per heavy atom. The number of aromatic amines is 1. The lowest BCUT2D eigenvalue weighted by Gasteiger charge is -2.36. The van der Waals surface area contributed by atoms with Crippen LogP contribution in [0.1, 0.15) is 21.7 Å². The molecule has 3 unspecified atom stereocenters. The molecule has 3 atom stereocenters. The number of benzene rings is 1. The minimum absolute atomic E-state index is 0.0900. The topological polar surface area (TPSA) is 94.3 Å². The van der Waals surface area contributed by atoms with Gasteiger partial charge in [-0.15, -0.1) is 11.3 Å². The van der Waals surface area contributed by atoms with E-state index in [0.29, 0.717) is 24.3 Å². The van der Waals surface area contributed by atoms with Gasteiger partial charge in [-0.25, -0.2) is 0 Å². The van der Waals surface area contributed by atoms with Gasteiger partial charge in [-0.05, 0) is 29.5 Å². The van der Waals surface area contributed by atoms with Crippen LogP contribution in [0.3, 0.4) is 0 Å². The Kier molecular flexibility index (Phi) is 4.35. The van der Waals surface area contributed by atoms with E-state index in [0.717, 1.165) is 16.5 Å². The SMILES string of the molecule is O=C(NC1CCN2C(=O)C(Cc3c[nH]c4ccccc34)NC(=O)C12)c1cccs1. The second-order valence-electron chi connectivity index (χ2n) is 7.45. The van der Waals surface area contributed by atoms with Crippen LogP contribution in [0.4, 0.5) is 0 Å². The molecule has 0 bridgehead atoms. The van der Waals surface area contributed by atoms with Gasteiger partial charge in [0.05, 0.1) is 10.9 Å². The smallest absolute Gasteiger partial charge is 0.261 e. The van der Waals surface area contributed by atoms with Gasteiger partial charge in [-0.2, -0.15) is 0 Å². The van der Waals surface area contributed by atoms with Crippen molar-refractivity contribution in [3.8, 4) is 0 Å². The predicted molar refractivity (Wildman–Crippen MR) is 110 cm³/mol. The zero-order valence-corrected chi connectivity index (χ0v) is 16.4. The van der Waals surface area contributed by atoms with E-state index in [-0.39, 0.29) is 23.8 Å². The molecule has 2 aromatic heterocycles. The molecular formula is C21H20N4O3S. The van der Waals surface area contributed by atoms with Crippen molar-refractivity contribution in [1.82, 2.24) is 20.5 Å². The Balaban J connectivity index is 1.32. The number of aromatic nitrogens is 1. The Bertz CT molecular complexity index is 1090. The number of carbonyl (C=O) groups is 3. The van der Waals surface area contributed by atoms with E-state index >= 15 is 0 Å². The number of hydrogen-bond acceptors (Lipinski definition) is 4. The molecule has 3 aromatic rings. The maximum absolute atomic E-state index is 13.1. The Hall–Kier alpha value is -3.13. The van der Waals surface area contributed by atoms with E-state index in [1.54, 1.807) is 11.0 Å². The molecule has 0 radical (unpaired) electrons. The summed E-state index contributed by atoms with van der Waals surface area (Å²) in [6.07, 6.45) is 2.90. The van der Waals surface area contributed by atoms with Crippen molar-refractivity contribution >= 4 is 40.0 Å². The van der Waals surface area contributed by atoms with Crippen LogP contribution in [-0.2, 0) is 16.0 Å². The fourth-order valence-corrected chi connectivity index (χ4v) is 4.97. The van der Waals surface area contributed by atoms with Gasteiger partial charge in [0.15, 0.2) is 0 Å². The lowest BCUT2D eigenvalue weighted by atomic mass is 9.99. The molecule has 3 N–H and O–H groups in total. The number of H-pyrrole nitrogens is 1. The number of piperazine rings is 1. The monoisotopic (exact) mass is 408 g/mol. The molecule has 1 aromatic carbocycles. The standard InChI is InChI=1S/C21H20N4O3S/c26-19(17-6-3-9-29-17)23-15-7-8-25-18(15)20(27)24-16(21(25)28)10-12-11-22-14-5-2-1-4-13(12)14/h1-6,9,11,15-16,18,22H,7-8,10H2,(H,23,26)(H,24,27). The number of carbonyl (C=O) groups excluding carboxylic acids is 3. The fraction of sp³-hybridized carbons (Fsp3) is 0.286. The third-order valence-electron chi connectivity index (χ3n) is 5.72. The number of hydrogen-bond donors (Lipinski definition) is 3. The van der Waals surface area contributed by atoms with Crippen LogP contribution >= 0.6 is 11.3 Å². The summed E-state index contributed by atoms with van der Waals surface area (Å²) in [5, 5.41) is 8.70. The summed E-state index contributed by atoms with van der Waals surface area (Å²) < 4.78 is 0. The van der Waals surface area contributed by atoms with Gasteiger partial charge in [0.1, 0.15) is 12.1 Å². The van der Waals surface area contributed by atoms with E-state index in [1.165, 1.54) is 11.3 Å². The third kappa shape index (κ3) is 3.09. The van der Waals surface area contributed by atoms with Crippen molar-refractivity contribution in [3.63, 3.8) is 0 Å². The first kappa shape index (κ1) is 17.9. The van der Waals surface area contributed by atoms with E-state index in [2.05, 4.69) is 15.6 Å². The molecule has 7 nitrogen and oxygen atoms in total. The van der Waals surface area contributed by atoms with Gasteiger partial charge in [0, 0.05) is 30.1 Å². The molecule has 8 heteroatoms. The number of nitrogens with one attached hydrogen (secondary N) is 3. The van der Waals surface area contributed by atoms with Crippen LogP contribution < -0.4 is 10.6 Å². The highest BCUT2D eigenvalue weighted by molar-refractivity contribution is 7.12. The molecule has 2 fully saturated rings. The summed E-state index contributed by atoms with van der Waals surface area (Å²) in [6, 6.07) is 9.84. The van der Waals surface area contributed by atoms with Crippen LogP contribution in [0.5, 0.6) is 0 Å². The average molecular weight is 408 g/mol. The zero-order valence-electron chi connectivity index (χ0n) is 15.6. The summed E-state index contributed by atoms with van der Waals surface area (Å²) in [5.74, 6) is -0.496. The van der Waals surface area contributed by atoms with Gasteiger partial charge in [0.25, 0.3) is 5.91 Å². The summed E-state index contributed by atoms with van der Waals surface area (Å²) in [7, 11) is 0. The normalized spacial score (nSPS) is 23.9. The number of amides is 3. The molecule has 0 aliphatic carbocycles. The molecular weight excluding hydrogens is 388 g/mol. The van der Waals surface area contributed by atoms with Gasteiger partial charge >= 0.3 is 0 Å². The van der Waals surface area contributed by atoms with Gasteiger partial charge in [-0.1, -0.05) is 24.3 Å². The van der Waals surface area contributed by atoms with Crippen molar-refractivity contribution < 1.29 is 14.4 Å². The van der Waals surface area contributed by atoms with Crippen LogP contribution in [0, 0.1) is 0 Å². The minimum atomic E-state index is -0.648. The minimum Gasteiger partial charge on any atom is -0.361 e. The summed E-state index contributed by atoms with van der Waals surface area (Å²) in [5.41, 5.74) is 2.01. The van der Waals surface area contributed by atoms with E-state index in [1.807, 2.05) is 41.9 Å². The van der Waals surface area contributed by atoms with Gasteiger partial charge < -0.3 is 20.5 Å². The number of thiophene rings is 1. The molecule has 4 heterocycles. The molecule has 0 spiro atoms. The molecule has 2 saturated heterocycles. The first-order valence-electron chi connectivity index (χ1n) is 9.62. The Morgan fingerprint density at radius 3 is 2.90 bits per heavy atom. The molecule has 29 heavy (non-hydrogen) atoms. The highest BCUT2D eigenvalue weighted by atomic mass is 32.1. The van der Waals surface area contributed by atoms with E-state index in [9.17, 15) is 14.4 Å². The number of fused-ring (bicyclic) bond motifs is 2. The molecule has 5 rings (SSSR count). The highest BCUT2D eigenvalue weighted by Gasteiger charge is 2.48. The van der Waals surface area contributed by atoms with E-state index < -0.39 is 12.1 Å². The number of nitrogens with zero attached hydrogens (tertiary/aromatic N) is 1. The molecule has 148 valence electrons.